The number of amides is 1. The Labute approximate surface area is 119 Å². The molecule has 1 unspecified atom stereocenters. The molecule has 0 saturated carbocycles. The SMILES string of the molecule is Cc1ncncc1C1CN(C(=O)OC(C)(C)C)CCN1. The Balaban J connectivity index is 2.06. The molecule has 1 aromatic rings. The lowest BCUT2D eigenvalue weighted by Gasteiger charge is -2.35. The molecule has 20 heavy (non-hydrogen) atoms. The van der Waals surface area contributed by atoms with Gasteiger partial charge in [0.1, 0.15) is 11.9 Å². The van der Waals surface area contributed by atoms with Crippen LogP contribution in [-0.2, 0) is 4.74 Å². The van der Waals surface area contributed by atoms with Crippen molar-refractivity contribution < 1.29 is 9.53 Å². The van der Waals surface area contributed by atoms with Gasteiger partial charge in [0.05, 0.1) is 6.04 Å². The molecule has 1 amide bonds. The summed E-state index contributed by atoms with van der Waals surface area (Å²) in [6.07, 6.45) is 3.07. The van der Waals surface area contributed by atoms with Gasteiger partial charge in [-0.3, -0.25) is 0 Å². The van der Waals surface area contributed by atoms with E-state index in [9.17, 15) is 4.79 Å². The van der Waals surface area contributed by atoms with Gasteiger partial charge in [0, 0.05) is 37.1 Å². The fourth-order valence-electron chi connectivity index (χ4n) is 2.19. The number of hydrogen-bond acceptors (Lipinski definition) is 5. The Morgan fingerprint density at radius 2 is 2.25 bits per heavy atom. The van der Waals surface area contributed by atoms with E-state index in [-0.39, 0.29) is 12.1 Å². The Morgan fingerprint density at radius 1 is 1.50 bits per heavy atom. The topological polar surface area (TPSA) is 67.4 Å². The standard InChI is InChI=1S/C14H22N4O2/c1-10-11(7-15-9-17-10)12-8-18(6-5-16-12)13(19)20-14(2,3)4/h7,9,12,16H,5-6,8H2,1-4H3. The maximum absolute atomic E-state index is 12.1. The highest BCUT2D eigenvalue weighted by Crippen LogP contribution is 2.20. The van der Waals surface area contributed by atoms with Gasteiger partial charge in [-0.2, -0.15) is 0 Å². The van der Waals surface area contributed by atoms with Crippen molar-refractivity contribution in [1.29, 1.82) is 0 Å². The van der Waals surface area contributed by atoms with Crippen LogP contribution in [0.4, 0.5) is 4.79 Å². The van der Waals surface area contributed by atoms with Crippen LogP contribution in [0.2, 0.25) is 0 Å². The molecule has 1 fully saturated rings. The second-order valence-corrected chi connectivity index (χ2v) is 6.00. The number of hydrogen-bond donors (Lipinski definition) is 1. The highest BCUT2D eigenvalue weighted by atomic mass is 16.6. The number of piperazine rings is 1. The van der Waals surface area contributed by atoms with Crippen molar-refractivity contribution in [2.24, 2.45) is 0 Å². The number of rotatable bonds is 1. The molecule has 1 N–H and O–H groups in total. The van der Waals surface area contributed by atoms with E-state index in [0.717, 1.165) is 17.8 Å². The summed E-state index contributed by atoms with van der Waals surface area (Å²) in [7, 11) is 0. The van der Waals surface area contributed by atoms with E-state index in [0.29, 0.717) is 13.1 Å². The van der Waals surface area contributed by atoms with Gasteiger partial charge >= 0.3 is 6.09 Å². The predicted octanol–water partition coefficient (Wildman–Crippen LogP) is 1.67. The van der Waals surface area contributed by atoms with Crippen LogP contribution in [0.3, 0.4) is 0 Å². The van der Waals surface area contributed by atoms with E-state index in [2.05, 4.69) is 15.3 Å². The van der Waals surface area contributed by atoms with Crippen molar-refractivity contribution in [1.82, 2.24) is 20.2 Å². The highest BCUT2D eigenvalue weighted by molar-refractivity contribution is 5.68. The van der Waals surface area contributed by atoms with Crippen LogP contribution in [0.25, 0.3) is 0 Å². The average molecular weight is 278 g/mol. The van der Waals surface area contributed by atoms with Crippen molar-refractivity contribution in [3.63, 3.8) is 0 Å². The summed E-state index contributed by atoms with van der Waals surface area (Å²) in [6, 6.07) is 0.0532. The van der Waals surface area contributed by atoms with Crippen LogP contribution >= 0.6 is 0 Å². The third-order valence-corrected chi connectivity index (χ3v) is 3.15. The number of aryl methyl sites for hydroxylation is 1. The van der Waals surface area contributed by atoms with Crippen molar-refractivity contribution >= 4 is 6.09 Å². The zero-order chi connectivity index (χ0) is 14.8. The molecule has 1 atom stereocenters. The van der Waals surface area contributed by atoms with E-state index in [1.807, 2.05) is 27.7 Å². The molecule has 1 aromatic heterocycles. The minimum atomic E-state index is -0.469. The second-order valence-electron chi connectivity index (χ2n) is 6.00. The zero-order valence-electron chi connectivity index (χ0n) is 12.5. The van der Waals surface area contributed by atoms with Gasteiger partial charge in [-0.05, 0) is 27.7 Å². The maximum atomic E-state index is 12.1. The maximum Gasteiger partial charge on any atom is 0.410 e. The molecule has 0 aromatic carbocycles. The first-order valence-corrected chi connectivity index (χ1v) is 6.84. The van der Waals surface area contributed by atoms with Crippen LogP contribution in [-0.4, -0.2) is 46.2 Å². The first-order chi connectivity index (χ1) is 9.37. The number of nitrogens with one attached hydrogen (secondary N) is 1. The van der Waals surface area contributed by atoms with Crippen molar-refractivity contribution in [3.05, 3.63) is 23.8 Å². The Kier molecular flexibility index (Phi) is 4.23. The van der Waals surface area contributed by atoms with Crippen molar-refractivity contribution in [2.75, 3.05) is 19.6 Å². The Morgan fingerprint density at radius 3 is 2.90 bits per heavy atom. The van der Waals surface area contributed by atoms with Gasteiger partial charge < -0.3 is 15.0 Å². The second kappa shape index (κ2) is 5.75. The third kappa shape index (κ3) is 3.66. The molecule has 2 rings (SSSR count). The average Bonchev–Trinajstić information content (AvgIpc) is 2.37. The summed E-state index contributed by atoms with van der Waals surface area (Å²) in [5, 5.41) is 3.39. The van der Waals surface area contributed by atoms with Crippen LogP contribution < -0.4 is 5.32 Å². The quantitative estimate of drug-likeness (QED) is 0.846. The largest absolute Gasteiger partial charge is 0.444 e. The smallest absolute Gasteiger partial charge is 0.410 e. The molecular weight excluding hydrogens is 256 g/mol. The Bertz CT molecular complexity index is 484. The zero-order valence-corrected chi connectivity index (χ0v) is 12.5. The third-order valence-electron chi connectivity index (χ3n) is 3.15. The number of aromatic nitrogens is 2. The molecule has 0 bridgehead atoms. The van der Waals surface area contributed by atoms with E-state index in [1.54, 1.807) is 11.1 Å². The summed E-state index contributed by atoms with van der Waals surface area (Å²) < 4.78 is 5.42. The first-order valence-electron chi connectivity index (χ1n) is 6.84. The van der Waals surface area contributed by atoms with Gasteiger partial charge in [-0.25, -0.2) is 14.8 Å². The fourth-order valence-corrected chi connectivity index (χ4v) is 2.19. The predicted molar refractivity (Wildman–Crippen MR) is 75.3 cm³/mol. The van der Waals surface area contributed by atoms with E-state index in [4.69, 9.17) is 4.74 Å². The van der Waals surface area contributed by atoms with Crippen LogP contribution in [0.5, 0.6) is 0 Å². The molecule has 2 heterocycles. The minimum Gasteiger partial charge on any atom is -0.444 e. The van der Waals surface area contributed by atoms with E-state index >= 15 is 0 Å². The molecule has 0 aliphatic carbocycles. The van der Waals surface area contributed by atoms with Gasteiger partial charge in [0.2, 0.25) is 0 Å². The van der Waals surface area contributed by atoms with Crippen molar-refractivity contribution in [2.45, 2.75) is 39.3 Å². The molecule has 6 heteroatoms. The van der Waals surface area contributed by atoms with Crippen LogP contribution in [0, 0.1) is 6.92 Å². The summed E-state index contributed by atoms with van der Waals surface area (Å²) in [4.78, 5) is 22.1. The molecule has 110 valence electrons. The number of ether oxygens (including phenoxy) is 1. The monoisotopic (exact) mass is 278 g/mol. The summed E-state index contributed by atoms with van der Waals surface area (Å²) in [6.45, 7) is 9.53. The van der Waals surface area contributed by atoms with E-state index < -0.39 is 5.60 Å². The summed E-state index contributed by atoms with van der Waals surface area (Å²) >= 11 is 0. The lowest BCUT2D eigenvalue weighted by Crippen LogP contribution is -2.49. The normalized spacial score (nSPS) is 19.8. The number of carbonyl (C=O) groups excluding carboxylic acids is 1. The minimum absolute atomic E-state index is 0.0532. The van der Waals surface area contributed by atoms with Gasteiger partial charge in [-0.15, -0.1) is 0 Å². The van der Waals surface area contributed by atoms with E-state index in [1.165, 1.54) is 6.33 Å². The van der Waals surface area contributed by atoms with Gasteiger partial charge in [0.25, 0.3) is 0 Å². The lowest BCUT2D eigenvalue weighted by molar-refractivity contribution is 0.0194. The molecule has 1 aliphatic rings. The molecule has 6 nitrogen and oxygen atoms in total. The number of nitrogens with zero attached hydrogens (tertiary/aromatic N) is 3. The highest BCUT2D eigenvalue weighted by Gasteiger charge is 2.28. The fraction of sp³-hybridized carbons (Fsp3) is 0.643. The summed E-state index contributed by atoms with van der Waals surface area (Å²) in [5.74, 6) is 0. The van der Waals surface area contributed by atoms with Crippen LogP contribution in [0.15, 0.2) is 12.5 Å². The molecular formula is C14H22N4O2. The van der Waals surface area contributed by atoms with Gasteiger partial charge in [-0.1, -0.05) is 0 Å². The Hall–Kier alpha value is -1.69. The molecule has 1 aliphatic heterocycles. The van der Waals surface area contributed by atoms with Crippen LogP contribution in [0.1, 0.15) is 38.1 Å². The first kappa shape index (κ1) is 14.7. The lowest BCUT2D eigenvalue weighted by atomic mass is 10.1. The molecule has 0 spiro atoms. The van der Waals surface area contributed by atoms with Crippen molar-refractivity contribution in [3.8, 4) is 0 Å². The molecule has 0 radical (unpaired) electrons. The number of carbonyl (C=O) groups is 1. The van der Waals surface area contributed by atoms with Gasteiger partial charge in [0.15, 0.2) is 0 Å². The summed E-state index contributed by atoms with van der Waals surface area (Å²) in [5.41, 5.74) is 1.49. The molecule has 1 saturated heterocycles.